The van der Waals surface area contributed by atoms with Crippen molar-refractivity contribution >= 4 is 32.6 Å². The number of benzene rings is 2. The van der Waals surface area contributed by atoms with Gasteiger partial charge < -0.3 is 4.74 Å². The zero-order valence-electron chi connectivity index (χ0n) is 15.8. The second-order valence-corrected chi connectivity index (χ2v) is 8.28. The number of carbonyl (C=O) groups excluding carboxylic acids is 1. The Hall–Kier alpha value is -2.24. The molecular formula is C22H24N2O2S. The molecule has 5 heteroatoms. The van der Waals surface area contributed by atoms with Gasteiger partial charge in [-0.25, -0.2) is 4.98 Å². The number of anilines is 1. The number of aromatic nitrogens is 1. The Labute approximate surface area is 163 Å². The van der Waals surface area contributed by atoms with Crippen molar-refractivity contribution in [3.63, 3.8) is 0 Å². The minimum Gasteiger partial charge on any atom is -0.376 e. The topological polar surface area (TPSA) is 42.4 Å². The highest BCUT2D eigenvalue weighted by atomic mass is 32.1. The van der Waals surface area contributed by atoms with E-state index in [1.165, 1.54) is 11.1 Å². The molecule has 1 aliphatic heterocycles. The highest BCUT2D eigenvalue weighted by molar-refractivity contribution is 7.22. The molecule has 2 aromatic carbocycles. The molecule has 0 aliphatic carbocycles. The van der Waals surface area contributed by atoms with Gasteiger partial charge in [0, 0.05) is 6.61 Å². The van der Waals surface area contributed by atoms with Crippen LogP contribution in [0.25, 0.3) is 10.2 Å². The van der Waals surface area contributed by atoms with Crippen molar-refractivity contribution in [2.45, 2.75) is 39.2 Å². The van der Waals surface area contributed by atoms with E-state index in [0.717, 1.165) is 40.4 Å². The third-order valence-corrected chi connectivity index (χ3v) is 5.95. The number of hydrogen-bond donors (Lipinski definition) is 0. The Kier molecular flexibility index (Phi) is 5.23. The first-order valence-corrected chi connectivity index (χ1v) is 10.2. The molecule has 1 fully saturated rings. The molecule has 1 saturated heterocycles. The van der Waals surface area contributed by atoms with Crippen molar-refractivity contribution in [1.82, 2.24) is 4.98 Å². The molecule has 0 radical (unpaired) electrons. The van der Waals surface area contributed by atoms with E-state index in [9.17, 15) is 4.79 Å². The summed E-state index contributed by atoms with van der Waals surface area (Å²) in [6, 6.07) is 14.4. The molecule has 4 rings (SSSR count). The molecule has 2 heterocycles. The van der Waals surface area contributed by atoms with Gasteiger partial charge in [0.05, 0.1) is 29.3 Å². The van der Waals surface area contributed by atoms with Gasteiger partial charge in [-0.15, -0.1) is 0 Å². The van der Waals surface area contributed by atoms with E-state index in [-0.39, 0.29) is 12.0 Å². The van der Waals surface area contributed by atoms with Crippen LogP contribution in [0.5, 0.6) is 0 Å². The zero-order valence-corrected chi connectivity index (χ0v) is 16.6. The smallest absolute Gasteiger partial charge is 0.233 e. The lowest BCUT2D eigenvalue weighted by Gasteiger charge is -2.23. The van der Waals surface area contributed by atoms with Crippen LogP contribution in [-0.4, -0.2) is 30.1 Å². The fraction of sp³-hybridized carbons (Fsp3) is 0.364. The van der Waals surface area contributed by atoms with E-state index in [4.69, 9.17) is 9.72 Å². The predicted molar refractivity (Wildman–Crippen MR) is 111 cm³/mol. The van der Waals surface area contributed by atoms with E-state index in [1.54, 1.807) is 11.3 Å². The number of fused-ring (bicyclic) bond motifs is 1. The molecule has 1 aliphatic rings. The first-order chi connectivity index (χ1) is 13.1. The summed E-state index contributed by atoms with van der Waals surface area (Å²) in [5.41, 5.74) is 4.35. The van der Waals surface area contributed by atoms with E-state index >= 15 is 0 Å². The summed E-state index contributed by atoms with van der Waals surface area (Å²) >= 11 is 1.58. The average molecular weight is 381 g/mol. The third kappa shape index (κ3) is 4.20. The molecule has 27 heavy (non-hydrogen) atoms. The summed E-state index contributed by atoms with van der Waals surface area (Å²) in [6.07, 6.45) is 2.53. The lowest BCUT2D eigenvalue weighted by molar-refractivity contribution is -0.118. The fourth-order valence-electron chi connectivity index (χ4n) is 3.51. The fourth-order valence-corrected chi connectivity index (χ4v) is 4.60. The largest absolute Gasteiger partial charge is 0.376 e. The first-order valence-electron chi connectivity index (χ1n) is 9.43. The van der Waals surface area contributed by atoms with Crippen LogP contribution >= 0.6 is 11.3 Å². The number of rotatable bonds is 5. The van der Waals surface area contributed by atoms with Crippen LogP contribution in [0.2, 0.25) is 0 Å². The minimum absolute atomic E-state index is 0.0758. The maximum absolute atomic E-state index is 13.2. The Morgan fingerprint density at radius 3 is 2.85 bits per heavy atom. The van der Waals surface area contributed by atoms with Crippen molar-refractivity contribution in [2.75, 3.05) is 18.1 Å². The number of aryl methyl sites for hydroxylation is 2. The van der Waals surface area contributed by atoms with Crippen molar-refractivity contribution in [2.24, 2.45) is 0 Å². The standard InChI is InChI=1S/C22H24N2O2S/c1-15-5-3-6-17(11-15)13-21(25)24(14-18-7-4-10-26-18)22-23-19-9-8-16(2)12-20(19)27-22/h3,5-6,8-9,11-12,18H,4,7,10,13-14H2,1-2H3. The predicted octanol–water partition coefficient (Wildman–Crippen LogP) is 4.67. The van der Waals surface area contributed by atoms with E-state index in [0.29, 0.717) is 13.0 Å². The molecule has 1 aromatic heterocycles. The average Bonchev–Trinajstić information content (AvgIpc) is 3.28. The number of hydrogen-bond acceptors (Lipinski definition) is 4. The maximum atomic E-state index is 13.2. The molecule has 4 nitrogen and oxygen atoms in total. The lowest BCUT2D eigenvalue weighted by Crippen LogP contribution is -2.38. The van der Waals surface area contributed by atoms with E-state index in [1.807, 2.05) is 36.1 Å². The van der Waals surface area contributed by atoms with Gasteiger partial charge in [0.2, 0.25) is 5.91 Å². The van der Waals surface area contributed by atoms with Gasteiger partial charge in [0.15, 0.2) is 5.13 Å². The zero-order chi connectivity index (χ0) is 18.8. The highest BCUT2D eigenvalue weighted by Crippen LogP contribution is 2.31. The van der Waals surface area contributed by atoms with Gasteiger partial charge in [-0.2, -0.15) is 0 Å². The van der Waals surface area contributed by atoms with Gasteiger partial charge in [-0.3, -0.25) is 9.69 Å². The quantitative estimate of drug-likeness (QED) is 0.646. The number of nitrogens with zero attached hydrogens (tertiary/aromatic N) is 2. The van der Waals surface area contributed by atoms with E-state index in [2.05, 4.69) is 25.1 Å². The number of thiazole rings is 1. The Morgan fingerprint density at radius 2 is 2.07 bits per heavy atom. The molecule has 1 atom stereocenters. The second kappa shape index (κ2) is 7.79. The van der Waals surface area contributed by atoms with Crippen LogP contribution in [0.1, 0.15) is 29.5 Å². The summed E-state index contributed by atoms with van der Waals surface area (Å²) in [5.74, 6) is 0.0758. The summed E-state index contributed by atoms with van der Waals surface area (Å²) in [5, 5.41) is 0.767. The van der Waals surface area contributed by atoms with Crippen LogP contribution in [0.4, 0.5) is 5.13 Å². The Bertz CT molecular complexity index is 960. The third-order valence-electron chi connectivity index (χ3n) is 4.91. The van der Waals surface area contributed by atoms with Crippen molar-refractivity contribution < 1.29 is 9.53 Å². The van der Waals surface area contributed by atoms with Gasteiger partial charge in [0.1, 0.15) is 0 Å². The molecule has 0 N–H and O–H groups in total. The second-order valence-electron chi connectivity index (χ2n) is 7.27. The lowest BCUT2D eigenvalue weighted by atomic mass is 10.1. The van der Waals surface area contributed by atoms with Crippen molar-refractivity contribution in [1.29, 1.82) is 0 Å². The Morgan fingerprint density at radius 1 is 1.22 bits per heavy atom. The molecule has 1 amide bonds. The van der Waals surface area contributed by atoms with Crippen LogP contribution in [-0.2, 0) is 16.0 Å². The van der Waals surface area contributed by atoms with Gasteiger partial charge in [-0.1, -0.05) is 47.2 Å². The summed E-state index contributed by atoms with van der Waals surface area (Å²) in [4.78, 5) is 19.8. The molecular weight excluding hydrogens is 356 g/mol. The summed E-state index contributed by atoms with van der Waals surface area (Å²) in [7, 11) is 0. The SMILES string of the molecule is Cc1cccc(CC(=O)N(CC2CCCO2)c2nc3ccc(C)cc3s2)c1. The summed E-state index contributed by atoms with van der Waals surface area (Å²) < 4.78 is 6.92. The number of ether oxygens (including phenoxy) is 1. The maximum Gasteiger partial charge on any atom is 0.233 e. The van der Waals surface area contributed by atoms with Gasteiger partial charge >= 0.3 is 0 Å². The Balaban J connectivity index is 1.63. The normalized spacial score (nSPS) is 16.7. The van der Waals surface area contributed by atoms with E-state index < -0.39 is 0 Å². The number of carbonyl (C=O) groups is 1. The monoisotopic (exact) mass is 380 g/mol. The molecule has 140 valence electrons. The first kappa shape index (κ1) is 18.1. The number of amides is 1. The van der Waals surface area contributed by atoms with Gasteiger partial charge in [0.25, 0.3) is 0 Å². The van der Waals surface area contributed by atoms with Crippen LogP contribution in [0.15, 0.2) is 42.5 Å². The minimum atomic E-state index is 0.0758. The highest BCUT2D eigenvalue weighted by Gasteiger charge is 2.26. The van der Waals surface area contributed by atoms with Crippen molar-refractivity contribution in [3.8, 4) is 0 Å². The molecule has 3 aromatic rings. The molecule has 0 saturated carbocycles. The van der Waals surface area contributed by atoms with Crippen LogP contribution in [0, 0.1) is 13.8 Å². The molecule has 0 bridgehead atoms. The van der Waals surface area contributed by atoms with Crippen LogP contribution < -0.4 is 4.90 Å². The van der Waals surface area contributed by atoms with Crippen molar-refractivity contribution in [3.05, 3.63) is 59.2 Å². The summed E-state index contributed by atoms with van der Waals surface area (Å²) in [6.45, 7) is 5.48. The van der Waals surface area contributed by atoms with Crippen LogP contribution in [0.3, 0.4) is 0 Å². The van der Waals surface area contributed by atoms with Gasteiger partial charge in [-0.05, 0) is 49.9 Å². The molecule has 1 unspecified atom stereocenters. The molecule has 0 spiro atoms.